The molecule has 108 valence electrons. The number of halogens is 1. The third-order valence-corrected chi connectivity index (χ3v) is 2.10. The maximum Gasteiger partial charge on any atom is 0.287 e. The van der Waals surface area contributed by atoms with E-state index in [1.165, 1.54) is 6.26 Å². The minimum atomic E-state index is -0.219. The standard InChI is InChI=1S/C12H20N4O2.HI/c1-3-13-12(14-4-2)16-8-7-15-11(17)10-6-5-9-18-10;/h5-6,9H,3-4,7-8H2,1-2H3,(H,15,17)(H2,13,14,16);1H. The van der Waals surface area contributed by atoms with Crippen LogP contribution in [0.15, 0.2) is 27.8 Å². The van der Waals surface area contributed by atoms with E-state index in [9.17, 15) is 4.79 Å². The highest BCUT2D eigenvalue weighted by molar-refractivity contribution is 14.0. The first-order valence-corrected chi connectivity index (χ1v) is 6.11. The summed E-state index contributed by atoms with van der Waals surface area (Å²) in [4.78, 5) is 15.8. The van der Waals surface area contributed by atoms with Gasteiger partial charge in [0.05, 0.1) is 12.8 Å². The van der Waals surface area contributed by atoms with Crippen LogP contribution in [0.4, 0.5) is 0 Å². The van der Waals surface area contributed by atoms with Crippen LogP contribution in [0.2, 0.25) is 0 Å². The summed E-state index contributed by atoms with van der Waals surface area (Å²) in [7, 11) is 0. The van der Waals surface area contributed by atoms with Crippen LogP contribution in [0.3, 0.4) is 0 Å². The number of hydrogen-bond acceptors (Lipinski definition) is 3. The maximum atomic E-state index is 11.5. The molecule has 0 radical (unpaired) electrons. The third-order valence-electron chi connectivity index (χ3n) is 2.10. The van der Waals surface area contributed by atoms with E-state index in [0.717, 1.165) is 19.0 Å². The molecule has 1 aromatic heterocycles. The van der Waals surface area contributed by atoms with Crippen LogP contribution in [-0.4, -0.2) is 38.0 Å². The van der Waals surface area contributed by atoms with Crippen LogP contribution in [-0.2, 0) is 0 Å². The second kappa shape index (κ2) is 10.7. The Labute approximate surface area is 130 Å². The molecule has 0 saturated carbocycles. The first-order chi connectivity index (χ1) is 8.77. The molecule has 7 heteroatoms. The summed E-state index contributed by atoms with van der Waals surface area (Å²) in [6.07, 6.45) is 1.47. The number of nitrogens with one attached hydrogen (secondary N) is 3. The number of hydrogen-bond donors (Lipinski definition) is 3. The molecule has 1 heterocycles. The minimum absolute atomic E-state index is 0. The van der Waals surface area contributed by atoms with Gasteiger partial charge in [0, 0.05) is 19.6 Å². The van der Waals surface area contributed by atoms with Gasteiger partial charge in [-0.15, -0.1) is 24.0 Å². The average molecular weight is 380 g/mol. The van der Waals surface area contributed by atoms with Crippen molar-refractivity contribution in [3.05, 3.63) is 24.2 Å². The fourth-order valence-electron chi connectivity index (χ4n) is 1.34. The fraction of sp³-hybridized carbons (Fsp3) is 0.500. The highest BCUT2D eigenvalue weighted by Crippen LogP contribution is 1.98. The molecule has 19 heavy (non-hydrogen) atoms. The molecular weight excluding hydrogens is 359 g/mol. The van der Waals surface area contributed by atoms with Crippen molar-refractivity contribution in [2.24, 2.45) is 4.99 Å². The van der Waals surface area contributed by atoms with Crippen LogP contribution in [0, 0.1) is 0 Å². The molecule has 0 atom stereocenters. The summed E-state index contributed by atoms with van der Waals surface area (Å²) < 4.78 is 4.98. The van der Waals surface area contributed by atoms with E-state index in [2.05, 4.69) is 20.9 Å². The number of amides is 1. The Morgan fingerprint density at radius 1 is 1.26 bits per heavy atom. The van der Waals surface area contributed by atoms with Gasteiger partial charge >= 0.3 is 0 Å². The minimum Gasteiger partial charge on any atom is -0.459 e. The lowest BCUT2D eigenvalue weighted by molar-refractivity contribution is 0.0927. The molecule has 1 amide bonds. The Balaban J connectivity index is 0.00000324. The zero-order chi connectivity index (χ0) is 13.2. The van der Waals surface area contributed by atoms with E-state index in [-0.39, 0.29) is 29.9 Å². The SMILES string of the molecule is CCNC(=NCCNC(=O)c1ccco1)NCC.I. The van der Waals surface area contributed by atoms with Crippen molar-refractivity contribution in [2.75, 3.05) is 26.2 Å². The van der Waals surface area contributed by atoms with Crippen molar-refractivity contribution in [3.8, 4) is 0 Å². The fourth-order valence-corrected chi connectivity index (χ4v) is 1.34. The average Bonchev–Trinajstić information content (AvgIpc) is 2.88. The van der Waals surface area contributed by atoms with E-state index in [1.807, 2.05) is 13.8 Å². The van der Waals surface area contributed by atoms with Crippen molar-refractivity contribution < 1.29 is 9.21 Å². The van der Waals surface area contributed by atoms with Gasteiger partial charge in [-0.25, -0.2) is 0 Å². The van der Waals surface area contributed by atoms with Gasteiger partial charge in [-0.1, -0.05) is 0 Å². The first kappa shape index (κ1) is 17.8. The Kier molecular flexibility index (Phi) is 9.95. The molecular formula is C12H21IN4O2. The second-order valence-corrected chi connectivity index (χ2v) is 3.52. The molecule has 3 N–H and O–H groups in total. The zero-order valence-corrected chi connectivity index (χ0v) is 13.6. The van der Waals surface area contributed by atoms with Crippen molar-refractivity contribution >= 4 is 35.8 Å². The Hall–Kier alpha value is -1.25. The molecule has 0 bridgehead atoms. The van der Waals surface area contributed by atoms with Gasteiger partial charge in [-0.2, -0.15) is 0 Å². The van der Waals surface area contributed by atoms with Gasteiger partial charge in [0.1, 0.15) is 0 Å². The summed E-state index contributed by atoms with van der Waals surface area (Å²) in [6.45, 7) is 6.62. The van der Waals surface area contributed by atoms with Gasteiger partial charge in [0.15, 0.2) is 11.7 Å². The molecule has 0 aromatic carbocycles. The number of carbonyl (C=O) groups excluding carboxylic acids is 1. The summed E-state index contributed by atoms with van der Waals surface area (Å²) >= 11 is 0. The summed E-state index contributed by atoms with van der Waals surface area (Å²) in [5, 5.41) is 8.94. The Bertz CT molecular complexity index is 371. The van der Waals surface area contributed by atoms with Crippen LogP contribution in [0.1, 0.15) is 24.4 Å². The summed E-state index contributed by atoms with van der Waals surface area (Å²) in [6, 6.07) is 3.31. The van der Waals surface area contributed by atoms with Crippen molar-refractivity contribution in [1.29, 1.82) is 0 Å². The van der Waals surface area contributed by atoms with Crippen LogP contribution < -0.4 is 16.0 Å². The highest BCUT2D eigenvalue weighted by Gasteiger charge is 2.06. The van der Waals surface area contributed by atoms with E-state index in [4.69, 9.17) is 4.42 Å². The van der Waals surface area contributed by atoms with Gasteiger partial charge in [0.2, 0.25) is 0 Å². The Morgan fingerprint density at radius 2 is 1.95 bits per heavy atom. The maximum absolute atomic E-state index is 11.5. The first-order valence-electron chi connectivity index (χ1n) is 6.11. The van der Waals surface area contributed by atoms with Gasteiger partial charge in [-0.05, 0) is 26.0 Å². The number of furan rings is 1. The van der Waals surface area contributed by atoms with Gasteiger partial charge in [0.25, 0.3) is 5.91 Å². The number of guanidine groups is 1. The molecule has 6 nitrogen and oxygen atoms in total. The summed E-state index contributed by atoms with van der Waals surface area (Å²) in [5.74, 6) is 0.855. The number of rotatable bonds is 6. The smallest absolute Gasteiger partial charge is 0.287 e. The van der Waals surface area contributed by atoms with Crippen molar-refractivity contribution in [1.82, 2.24) is 16.0 Å². The quantitative estimate of drug-likeness (QED) is 0.300. The molecule has 1 aromatic rings. The number of nitrogens with zero attached hydrogens (tertiary/aromatic N) is 1. The molecule has 0 aliphatic rings. The van der Waals surface area contributed by atoms with Crippen molar-refractivity contribution in [2.45, 2.75) is 13.8 Å². The van der Waals surface area contributed by atoms with Gasteiger partial charge in [-0.3, -0.25) is 9.79 Å². The van der Waals surface area contributed by atoms with Gasteiger partial charge < -0.3 is 20.4 Å². The summed E-state index contributed by atoms with van der Waals surface area (Å²) in [5.41, 5.74) is 0. The van der Waals surface area contributed by atoms with E-state index >= 15 is 0 Å². The molecule has 0 spiro atoms. The highest BCUT2D eigenvalue weighted by atomic mass is 127. The monoisotopic (exact) mass is 380 g/mol. The van der Waals surface area contributed by atoms with E-state index < -0.39 is 0 Å². The van der Waals surface area contributed by atoms with E-state index in [0.29, 0.717) is 18.8 Å². The topological polar surface area (TPSA) is 78.7 Å². The van der Waals surface area contributed by atoms with Crippen LogP contribution >= 0.6 is 24.0 Å². The molecule has 0 unspecified atom stereocenters. The molecule has 0 fully saturated rings. The normalized spacial score (nSPS) is 9.16. The molecule has 0 aliphatic heterocycles. The number of aliphatic imine (C=N–C) groups is 1. The lowest BCUT2D eigenvalue weighted by Crippen LogP contribution is -2.37. The van der Waals surface area contributed by atoms with E-state index in [1.54, 1.807) is 12.1 Å². The second-order valence-electron chi connectivity index (χ2n) is 3.52. The van der Waals surface area contributed by atoms with Crippen LogP contribution in [0.5, 0.6) is 0 Å². The predicted octanol–water partition coefficient (Wildman–Crippen LogP) is 1.20. The third kappa shape index (κ3) is 7.04. The lowest BCUT2D eigenvalue weighted by atomic mass is 10.4. The predicted molar refractivity (Wildman–Crippen MR) is 86.1 cm³/mol. The lowest BCUT2D eigenvalue weighted by Gasteiger charge is -2.09. The Morgan fingerprint density at radius 3 is 2.47 bits per heavy atom. The molecule has 0 saturated heterocycles. The van der Waals surface area contributed by atoms with Crippen molar-refractivity contribution in [3.63, 3.8) is 0 Å². The molecule has 0 aliphatic carbocycles. The van der Waals surface area contributed by atoms with Crippen LogP contribution in [0.25, 0.3) is 0 Å². The molecule has 1 rings (SSSR count). The number of carbonyl (C=O) groups is 1. The zero-order valence-electron chi connectivity index (χ0n) is 11.2. The largest absolute Gasteiger partial charge is 0.459 e.